The number of hydrogen-bond acceptors (Lipinski definition) is 8. The number of aromatic nitrogens is 8. The van der Waals surface area contributed by atoms with E-state index >= 15 is 0 Å². The van der Waals surface area contributed by atoms with Gasteiger partial charge in [0.1, 0.15) is 0 Å². The van der Waals surface area contributed by atoms with Gasteiger partial charge >= 0.3 is 0 Å². The van der Waals surface area contributed by atoms with Crippen molar-refractivity contribution in [1.82, 2.24) is 39.9 Å². The third-order valence-electron chi connectivity index (χ3n) is 19.8. The zero-order valence-electron chi connectivity index (χ0n) is 89.2. The van der Waals surface area contributed by atoms with Gasteiger partial charge in [0.25, 0.3) is 0 Å². The van der Waals surface area contributed by atoms with E-state index in [1.165, 1.54) is 43.0 Å². The molecular weight excluding hydrogens is 2350 g/mol. The molecule has 1 unspecified atom stereocenters. The van der Waals surface area contributed by atoms with Crippen molar-refractivity contribution in [3.63, 3.8) is 0 Å². The molecular formula is C113H122Ir4N8Si4-8. The molecule has 0 aliphatic carbocycles. The van der Waals surface area contributed by atoms with Gasteiger partial charge in [-0.15, -0.1) is 287 Å². The molecule has 4 radical (unpaired) electrons. The molecule has 0 bridgehead atoms. The Balaban J connectivity index is 0.000000287. The molecule has 16 heteroatoms. The molecule has 129 heavy (non-hydrogen) atoms. The van der Waals surface area contributed by atoms with Crippen LogP contribution in [0.1, 0.15) is 105 Å². The van der Waals surface area contributed by atoms with Gasteiger partial charge in [-0.25, -0.2) is 0 Å². The molecule has 0 saturated heterocycles. The molecule has 674 valence electrons. The van der Waals surface area contributed by atoms with E-state index in [0.717, 1.165) is 87.1 Å². The van der Waals surface area contributed by atoms with Gasteiger partial charge in [-0.05, 0) is 133 Å². The number of rotatable bonds is 18. The number of benzene rings is 8. The van der Waals surface area contributed by atoms with Crippen LogP contribution in [0.15, 0.2) is 340 Å². The Morgan fingerprint density at radius 2 is 0.543 bits per heavy atom. The first-order chi connectivity index (χ1) is 64.9. The topological polar surface area (TPSA) is 103 Å². The van der Waals surface area contributed by atoms with Crippen LogP contribution in [0.5, 0.6) is 0 Å². The van der Waals surface area contributed by atoms with Crippen LogP contribution in [0.25, 0.3) is 90.1 Å². The smallest absolute Gasteiger partial charge is 0.0799 e. The average Bonchev–Trinajstić information content (AvgIpc) is 0.792. The van der Waals surface area contributed by atoms with E-state index in [9.17, 15) is 0 Å². The van der Waals surface area contributed by atoms with Gasteiger partial charge in [0.05, 0.1) is 32.3 Å². The summed E-state index contributed by atoms with van der Waals surface area (Å²) < 4.78 is 92.6. The van der Waals surface area contributed by atoms with Crippen molar-refractivity contribution < 1.29 is 96.9 Å². The van der Waals surface area contributed by atoms with Gasteiger partial charge in [0.2, 0.25) is 0 Å². The van der Waals surface area contributed by atoms with Crippen LogP contribution >= 0.6 is 0 Å². The van der Waals surface area contributed by atoms with Gasteiger partial charge < -0.3 is 39.9 Å². The quantitative estimate of drug-likeness (QED) is 0.0618. The maximum Gasteiger partial charge on any atom is 0.0799 e. The minimum absolute atomic E-state index is 0. The van der Waals surface area contributed by atoms with Crippen LogP contribution < -0.4 is 20.7 Å². The summed E-state index contributed by atoms with van der Waals surface area (Å²) >= 11 is 0. The van der Waals surface area contributed by atoms with Crippen molar-refractivity contribution in [1.29, 1.82) is 0 Å². The summed E-state index contributed by atoms with van der Waals surface area (Å²) in [5.41, 5.74) is 18.7. The molecule has 8 nitrogen and oxygen atoms in total. The molecule has 8 aromatic carbocycles. The molecule has 0 N–H and O–H groups in total. The molecule has 8 aromatic heterocycles. The first-order valence-electron chi connectivity index (χ1n) is 48.5. The maximum atomic E-state index is 7.82. The molecule has 8 heterocycles. The Hall–Kier alpha value is -9.58. The fourth-order valence-electron chi connectivity index (χ4n) is 13.1. The Kier molecular flexibility index (Phi) is 39.8. The summed E-state index contributed by atoms with van der Waals surface area (Å²) in [4.78, 5) is 35.1. The Bertz CT molecular complexity index is 6020. The summed E-state index contributed by atoms with van der Waals surface area (Å²) in [5, 5.41) is 5.43. The van der Waals surface area contributed by atoms with Crippen LogP contribution in [-0.4, -0.2) is 72.2 Å². The molecule has 0 spiro atoms. The van der Waals surface area contributed by atoms with E-state index in [2.05, 4.69) is 234 Å². The minimum atomic E-state index is -1.49. The van der Waals surface area contributed by atoms with E-state index in [1.807, 2.05) is 201 Å². The predicted octanol–water partition coefficient (Wildman–Crippen LogP) is 27.0. The van der Waals surface area contributed by atoms with Crippen molar-refractivity contribution in [3.8, 4) is 90.1 Å². The zero-order chi connectivity index (χ0) is 100. The van der Waals surface area contributed by atoms with Gasteiger partial charge in [-0.2, -0.15) is 0 Å². The van der Waals surface area contributed by atoms with E-state index in [-0.39, 0.29) is 153 Å². The second kappa shape index (κ2) is 56.2. The second-order valence-corrected chi connectivity index (χ2v) is 54.6. The van der Waals surface area contributed by atoms with Crippen LogP contribution in [-0.2, 0) is 93.3 Å². The normalized spacial score (nSPS) is 12.2. The number of aryl methyl sites for hydroxylation is 1. The van der Waals surface area contributed by atoms with Crippen molar-refractivity contribution in [2.45, 2.75) is 158 Å². The van der Waals surface area contributed by atoms with Gasteiger partial charge in [-0.1, -0.05) is 222 Å². The number of pyridine rings is 8. The van der Waals surface area contributed by atoms with E-state index < -0.39 is 32.3 Å². The summed E-state index contributed by atoms with van der Waals surface area (Å²) in [7, 11) is -5.87. The maximum absolute atomic E-state index is 7.82. The molecule has 0 aliphatic rings. The van der Waals surface area contributed by atoms with Crippen LogP contribution in [0.3, 0.4) is 0 Å². The van der Waals surface area contributed by atoms with Crippen molar-refractivity contribution >= 4 is 53.0 Å². The summed E-state index contributed by atoms with van der Waals surface area (Å²) in [6, 6.07) is 93.0. The average molecular weight is 2490 g/mol. The van der Waals surface area contributed by atoms with E-state index in [1.54, 1.807) is 49.1 Å². The zero-order valence-corrected chi connectivity index (χ0v) is 90.7. The minimum Gasteiger partial charge on any atom is -0.305 e. The predicted molar refractivity (Wildman–Crippen MR) is 541 cm³/mol. The van der Waals surface area contributed by atoms with Gasteiger partial charge in [0, 0.05) is 141 Å². The molecule has 0 aliphatic heterocycles. The fraction of sp³-hybridized carbons (Fsp3) is 0.221. The Labute approximate surface area is 848 Å². The molecule has 0 saturated carbocycles. The monoisotopic (exact) mass is 2490 g/mol. The number of nitrogens with zero attached hydrogens (tertiary/aromatic N) is 8. The SMILES string of the molecule is [2H]c1[c-]c(-c2cc(C(C)C)c([Si](C)(C)C)cn2)cc([2H])c1[2H].[2H]c1[c-]c(-c2cc(C(C)CC)c([Si](C)(C)C)cn2)cc([2H])c1[2H].[2H]c1[c-]c(-c2cc(CC(C)C)c([Si](C)(C)C)cn2)cc([2H])c1[2H].[2H]c1[c-]c(-c2cc(CC)c([Si](C)(C)C)cn2)cc([2H])c1[2H].[Ir].[Ir].[Ir].[Ir].[c-]1ccccc1-c1ccccn1.[c-]1ccccc1-c1ccccn1.[c-]1ccccc1-c1ccccn1.[c-]1ccccc1-c1ccccn1. The Morgan fingerprint density at radius 3 is 0.791 bits per heavy atom. The van der Waals surface area contributed by atoms with Crippen LogP contribution in [0.4, 0.5) is 0 Å². The van der Waals surface area contributed by atoms with Crippen molar-refractivity contribution in [2.75, 3.05) is 0 Å². The molecule has 16 aromatic rings. The van der Waals surface area contributed by atoms with Crippen LogP contribution in [0, 0.1) is 54.4 Å². The summed E-state index contributed by atoms with van der Waals surface area (Å²) in [6.45, 7) is 43.0. The number of hydrogen-bond donors (Lipinski definition) is 0. The fourth-order valence-corrected chi connectivity index (χ4v) is 19.7. The molecule has 16 rings (SSSR count). The van der Waals surface area contributed by atoms with Crippen molar-refractivity contribution in [3.05, 3.63) is 411 Å². The summed E-state index contributed by atoms with van der Waals surface area (Å²) in [5.74, 6) is 1.39. The molecule has 0 fully saturated rings. The van der Waals surface area contributed by atoms with E-state index in [0.29, 0.717) is 40.0 Å². The van der Waals surface area contributed by atoms with E-state index in [4.69, 9.17) is 16.4 Å². The molecule has 0 amide bonds. The largest absolute Gasteiger partial charge is 0.305 e. The molecule has 1 atom stereocenters. The van der Waals surface area contributed by atoms with Crippen LogP contribution in [0.2, 0.25) is 78.6 Å². The summed E-state index contributed by atoms with van der Waals surface area (Å²) in [6.07, 6.45) is 18.0. The van der Waals surface area contributed by atoms with Crippen molar-refractivity contribution in [2.24, 2.45) is 5.92 Å². The van der Waals surface area contributed by atoms with Gasteiger partial charge in [-0.3, -0.25) is 0 Å². The second-order valence-electron chi connectivity index (χ2n) is 34.5. The first-order valence-corrected chi connectivity index (χ1v) is 56.5. The first kappa shape index (κ1) is 91.3. The third-order valence-corrected chi connectivity index (χ3v) is 28.0. The standard InChI is InChI=1S/2C18H24NSi.C17H22NSi.C16H20NSi.4C11H8N.4Ir/c1-14(2)11-16-12-17(15-9-7-6-8-10-15)19-13-18(16)20(3,4)5;1-6-14(2)16-12-17(15-10-8-7-9-11-15)19-13-18(16)20(3,4)5;1-13(2)15-11-16(14-9-7-6-8-10-14)18-12-17(15)19(3,4)5;1-5-13-11-15(14-9-7-6-8-10-14)17-12-16(13)18(2,3)4;4*1-2-6-10(7-3-1)11-8-4-5-9-12-11;;;;/h6-9,12-14H,11H2,1-5H3;7-10,12-14H,6H2,1-5H3;6-9,11-13H,1-5H3;6-9,11-12H,5H2,1-4H3;4*1-6,8-9H;;;;/q8*-1;;;;/i6D,7D,8D;7D,8D,9D;2*6D,7D,8D;;;;;;;;. The van der Waals surface area contributed by atoms with Gasteiger partial charge in [0.15, 0.2) is 0 Å². The Morgan fingerprint density at radius 1 is 0.279 bits per heavy atom. The third kappa shape index (κ3) is 36.3.